The van der Waals surface area contributed by atoms with Gasteiger partial charge < -0.3 is 10.8 Å². The molecule has 0 heterocycles. The maximum atomic E-state index is 12.4. The van der Waals surface area contributed by atoms with Gasteiger partial charge in [0, 0.05) is 18.9 Å². The van der Waals surface area contributed by atoms with Gasteiger partial charge in [0.15, 0.2) is 0 Å². The largest absolute Gasteiger partial charge is 0.392 e. The summed E-state index contributed by atoms with van der Waals surface area (Å²) in [4.78, 5) is 0. The Morgan fingerprint density at radius 1 is 1.50 bits per heavy atom. The molecule has 4 heteroatoms. The summed E-state index contributed by atoms with van der Waals surface area (Å²) < 4.78 is 24.9. The van der Waals surface area contributed by atoms with Crippen molar-refractivity contribution in [1.29, 1.82) is 0 Å². The fraction of sp³-hybridized carbons (Fsp3) is 1.00. The molecule has 3 N–H and O–H groups in total. The molecule has 1 aliphatic carbocycles. The van der Waals surface area contributed by atoms with Crippen LogP contribution in [0.25, 0.3) is 0 Å². The van der Waals surface area contributed by atoms with Gasteiger partial charge in [0.25, 0.3) is 0 Å². The van der Waals surface area contributed by atoms with E-state index in [1.54, 1.807) is 0 Å². The van der Waals surface area contributed by atoms with E-state index in [-0.39, 0.29) is 19.3 Å². The molecule has 0 saturated heterocycles. The van der Waals surface area contributed by atoms with E-state index in [1.165, 1.54) is 0 Å². The van der Waals surface area contributed by atoms with Crippen LogP contribution < -0.4 is 5.73 Å². The molecule has 2 nitrogen and oxygen atoms in total. The van der Waals surface area contributed by atoms with Gasteiger partial charge in [-0.1, -0.05) is 0 Å². The molecule has 2 atom stereocenters. The Labute approximate surface area is 58.0 Å². The van der Waals surface area contributed by atoms with Crippen LogP contribution in [0.4, 0.5) is 8.78 Å². The fourth-order valence-electron chi connectivity index (χ4n) is 1.16. The Bertz CT molecular complexity index is 129. The van der Waals surface area contributed by atoms with Crippen molar-refractivity contribution in [2.24, 2.45) is 5.73 Å². The van der Waals surface area contributed by atoms with E-state index in [4.69, 9.17) is 10.8 Å². The first-order valence-corrected chi connectivity index (χ1v) is 3.33. The van der Waals surface area contributed by atoms with Crippen LogP contribution >= 0.6 is 0 Å². The highest BCUT2D eigenvalue weighted by atomic mass is 19.3. The second-order valence-corrected chi connectivity index (χ2v) is 2.83. The standard InChI is InChI=1S/C6H11F2NO/c7-6(8)2-1-5(10)4(9)3-6/h4-5,10H,1-3,9H2/t4-,5-/m0/s1. The van der Waals surface area contributed by atoms with Crippen molar-refractivity contribution in [3.8, 4) is 0 Å². The average Bonchev–Trinajstić information content (AvgIpc) is 1.79. The summed E-state index contributed by atoms with van der Waals surface area (Å²) in [6, 6.07) is -0.747. The van der Waals surface area contributed by atoms with Crippen molar-refractivity contribution in [3.05, 3.63) is 0 Å². The van der Waals surface area contributed by atoms with Crippen molar-refractivity contribution in [1.82, 2.24) is 0 Å². The number of hydrogen-bond acceptors (Lipinski definition) is 2. The second kappa shape index (κ2) is 2.43. The van der Waals surface area contributed by atoms with E-state index in [9.17, 15) is 8.78 Å². The molecule has 0 spiro atoms. The lowest BCUT2D eigenvalue weighted by Crippen LogP contribution is -2.44. The lowest BCUT2D eigenvalue weighted by molar-refractivity contribution is -0.0720. The van der Waals surface area contributed by atoms with E-state index < -0.39 is 18.1 Å². The van der Waals surface area contributed by atoms with Crippen molar-refractivity contribution in [2.45, 2.75) is 37.3 Å². The molecule has 0 unspecified atom stereocenters. The minimum absolute atomic E-state index is 0.119. The predicted molar refractivity (Wildman–Crippen MR) is 32.8 cm³/mol. The lowest BCUT2D eigenvalue weighted by Gasteiger charge is -2.30. The summed E-state index contributed by atoms with van der Waals surface area (Å²) in [5, 5.41) is 8.95. The van der Waals surface area contributed by atoms with Crippen LogP contribution in [-0.2, 0) is 0 Å². The minimum atomic E-state index is -2.65. The third-order valence-electron chi connectivity index (χ3n) is 1.83. The number of rotatable bonds is 0. The lowest BCUT2D eigenvalue weighted by atomic mass is 9.90. The third-order valence-corrected chi connectivity index (χ3v) is 1.83. The van der Waals surface area contributed by atoms with Gasteiger partial charge >= 0.3 is 0 Å². The van der Waals surface area contributed by atoms with Crippen molar-refractivity contribution in [2.75, 3.05) is 0 Å². The van der Waals surface area contributed by atoms with E-state index >= 15 is 0 Å². The fourth-order valence-corrected chi connectivity index (χ4v) is 1.16. The summed E-state index contributed by atoms with van der Waals surface area (Å²) in [6.07, 6.45) is -1.23. The third kappa shape index (κ3) is 1.64. The molecule has 0 bridgehead atoms. The van der Waals surface area contributed by atoms with Crippen molar-refractivity contribution in [3.63, 3.8) is 0 Å². The summed E-state index contributed by atoms with van der Waals surface area (Å²) >= 11 is 0. The van der Waals surface area contributed by atoms with E-state index in [0.717, 1.165) is 0 Å². The summed E-state index contributed by atoms with van der Waals surface area (Å²) in [5.41, 5.74) is 5.22. The number of halogens is 2. The maximum Gasteiger partial charge on any atom is 0.249 e. The first-order valence-electron chi connectivity index (χ1n) is 3.33. The van der Waals surface area contributed by atoms with Crippen LogP contribution in [0.3, 0.4) is 0 Å². The molecule has 0 aromatic carbocycles. The molecular formula is C6H11F2NO. The van der Waals surface area contributed by atoms with Gasteiger partial charge in [0.05, 0.1) is 6.10 Å². The zero-order valence-corrected chi connectivity index (χ0v) is 5.56. The molecule has 0 aromatic rings. The van der Waals surface area contributed by atoms with Gasteiger partial charge in [-0.05, 0) is 6.42 Å². The maximum absolute atomic E-state index is 12.4. The van der Waals surface area contributed by atoms with Gasteiger partial charge in [-0.3, -0.25) is 0 Å². The summed E-state index contributed by atoms with van der Waals surface area (Å²) in [5.74, 6) is -2.65. The topological polar surface area (TPSA) is 46.2 Å². The number of aliphatic hydroxyl groups excluding tert-OH is 1. The zero-order valence-electron chi connectivity index (χ0n) is 5.56. The van der Waals surface area contributed by atoms with Crippen LogP contribution in [0.5, 0.6) is 0 Å². The quantitative estimate of drug-likeness (QED) is 0.529. The number of aliphatic hydroxyl groups is 1. The Hall–Kier alpha value is -0.220. The van der Waals surface area contributed by atoms with Crippen molar-refractivity contribution < 1.29 is 13.9 Å². The van der Waals surface area contributed by atoms with Crippen LogP contribution in [0.1, 0.15) is 19.3 Å². The van der Waals surface area contributed by atoms with Gasteiger partial charge in [-0.15, -0.1) is 0 Å². The minimum Gasteiger partial charge on any atom is -0.392 e. The first-order chi connectivity index (χ1) is 4.51. The predicted octanol–water partition coefficient (Wildman–Crippen LogP) is 0.494. The molecule has 0 radical (unpaired) electrons. The van der Waals surface area contributed by atoms with Gasteiger partial charge in [0.2, 0.25) is 5.92 Å². The summed E-state index contributed by atoms with van der Waals surface area (Å²) in [6.45, 7) is 0. The molecule has 0 aromatic heterocycles. The number of hydrogen-bond donors (Lipinski definition) is 2. The highest BCUT2D eigenvalue weighted by molar-refractivity contribution is 4.86. The Kier molecular flexibility index (Phi) is 1.92. The molecule has 1 aliphatic rings. The Balaban J connectivity index is 2.49. The normalized spacial score (nSPS) is 39.6. The van der Waals surface area contributed by atoms with Gasteiger partial charge in [-0.2, -0.15) is 0 Å². The van der Waals surface area contributed by atoms with Crippen LogP contribution in [0.2, 0.25) is 0 Å². The second-order valence-electron chi connectivity index (χ2n) is 2.83. The van der Waals surface area contributed by atoms with Crippen LogP contribution in [0.15, 0.2) is 0 Å². The van der Waals surface area contributed by atoms with E-state index in [2.05, 4.69) is 0 Å². The van der Waals surface area contributed by atoms with Crippen LogP contribution in [0, 0.1) is 0 Å². The zero-order chi connectivity index (χ0) is 7.78. The Morgan fingerprint density at radius 3 is 2.50 bits per heavy atom. The molecule has 0 aliphatic heterocycles. The molecular weight excluding hydrogens is 140 g/mol. The smallest absolute Gasteiger partial charge is 0.249 e. The number of nitrogens with two attached hydrogens (primary N) is 1. The molecule has 1 rings (SSSR count). The summed E-state index contributed by atoms with van der Waals surface area (Å²) in [7, 11) is 0. The number of alkyl halides is 2. The van der Waals surface area contributed by atoms with Crippen LogP contribution in [-0.4, -0.2) is 23.2 Å². The molecule has 1 fully saturated rings. The highest BCUT2D eigenvalue weighted by Crippen LogP contribution is 2.32. The SMILES string of the molecule is N[C@H]1CC(F)(F)CC[C@@H]1O. The molecule has 60 valence electrons. The van der Waals surface area contributed by atoms with Gasteiger partial charge in [0.1, 0.15) is 0 Å². The molecule has 0 amide bonds. The van der Waals surface area contributed by atoms with E-state index in [1.807, 2.05) is 0 Å². The highest BCUT2D eigenvalue weighted by Gasteiger charge is 2.38. The molecule has 10 heavy (non-hydrogen) atoms. The van der Waals surface area contributed by atoms with Crippen molar-refractivity contribution >= 4 is 0 Å². The first kappa shape index (κ1) is 7.88. The molecule has 1 saturated carbocycles. The monoisotopic (exact) mass is 151 g/mol. The average molecular weight is 151 g/mol. The van der Waals surface area contributed by atoms with Gasteiger partial charge in [-0.25, -0.2) is 8.78 Å². The van der Waals surface area contributed by atoms with E-state index in [0.29, 0.717) is 0 Å². The Morgan fingerprint density at radius 2 is 2.10 bits per heavy atom.